The molecule has 3 unspecified atom stereocenters. The van der Waals surface area contributed by atoms with Crippen molar-refractivity contribution in [1.82, 2.24) is 14.9 Å². The van der Waals surface area contributed by atoms with E-state index in [2.05, 4.69) is 9.97 Å². The fourth-order valence-corrected chi connectivity index (χ4v) is 3.75. The number of rotatable bonds is 1. The van der Waals surface area contributed by atoms with Crippen LogP contribution in [0.2, 0.25) is 0 Å². The number of hydrogen-bond donors (Lipinski definition) is 1. The zero-order chi connectivity index (χ0) is 14.4. The van der Waals surface area contributed by atoms with Crippen LogP contribution in [-0.2, 0) is 0 Å². The lowest BCUT2D eigenvalue weighted by Crippen LogP contribution is -2.33. The van der Waals surface area contributed by atoms with E-state index in [1.54, 1.807) is 12.4 Å². The molecule has 2 fully saturated rings. The Labute approximate surface area is 123 Å². The highest BCUT2D eigenvalue weighted by Crippen LogP contribution is 2.37. The summed E-state index contributed by atoms with van der Waals surface area (Å²) >= 11 is 0. The fraction of sp³-hybridized carbons (Fsp3) is 0.438. The minimum Gasteiger partial charge on any atom is -0.338 e. The van der Waals surface area contributed by atoms with Gasteiger partial charge in [-0.1, -0.05) is 0 Å². The van der Waals surface area contributed by atoms with E-state index in [4.69, 9.17) is 5.73 Å². The Kier molecular flexibility index (Phi) is 2.89. The Balaban J connectivity index is 1.59. The molecule has 1 aliphatic heterocycles. The van der Waals surface area contributed by atoms with Crippen LogP contribution in [0.5, 0.6) is 0 Å². The average molecular weight is 282 g/mol. The van der Waals surface area contributed by atoms with Crippen LogP contribution >= 0.6 is 0 Å². The molecule has 1 aromatic heterocycles. The van der Waals surface area contributed by atoms with E-state index in [1.807, 2.05) is 23.1 Å². The molecule has 3 atom stereocenters. The van der Waals surface area contributed by atoms with Crippen molar-refractivity contribution in [1.29, 1.82) is 0 Å². The number of benzene rings is 1. The standard InChI is InChI=1S/C16H18N4O/c17-13-3-1-11-8-20(9-12(11)13)16(21)10-2-4-14-15(7-10)19-6-5-18-14/h2,4-7,11-13H,1,3,8-9,17H2. The Bertz CT molecular complexity index is 701. The highest BCUT2D eigenvalue weighted by Gasteiger charge is 2.42. The first-order valence-corrected chi connectivity index (χ1v) is 7.48. The summed E-state index contributed by atoms with van der Waals surface area (Å²) in [6.07, 6.45) is 5.56. The third kappa shape index (κ3) is 2.08. The summed E-state index contributed by atoms with van der Waals surface area (Å²) in [6.45, 7) is 1.64. The SMILES string of the molecule is NC1CCC2CN(C(=O)c3ccc4nccnc4c3)CC12. The van der Waals surface area contributed by atoms with Gasteiger partial charge < -0.3 is 10.6 Å². The topological polar surface area (TPSA) is 72.1 Å². The number of amides is 1. The van der Waals surface area contributed by atoms with Gasteiger partial charge in [0, 0.05) is 37.1 Å². The van der Waals surface area contributed by atoms with Crippen LogP contribution in [0.4, 0.5) is 0 Å². The molecule has 1 saturated heterocycles. The summed E-state index contributed by atoms with van der Waals surface area (Å²) in [4.78, 5) is 23.1. The van der Waals surface area contributed by atoms with E-state index in [0.717, 1.165) is 37.0 Å². The highest BCUT2D eigenvalue weighted by atomic mass is 16.2. The zero-order valence-electron chi connectivity index (χ0n) is 11.8. The molecule has 1 aliphatic carbocycles. The molecular weight excluding hydrogens is 264 g/mol. The number of fused-ring (bicyclic) bond motifs is 2. The number of nitrogens with two attached hydrogens (primary N) is 1. The van der Waals surface area contributed by atoms with Crippen LogP contribution in [0.1, 0.15) is 23.2 Å². The van der Waals surface area contributed by atoms with E-state index in [9.17, 15) is 4.79 Å². The molecule has 2 aliphatic rings. The summed E-state index contributed by atoms with van der Waals surface area (Å²) in [6, 6.07) is 5.79. The van der Waals surface area contributed by atoms with Crippen molar-refractivity contribution in [2.24, 2.45) is 17.6 Å². The normalized spacial score (nSPS) is 28.0. The quantitative estimate of drug-likeness (QED) is 0.859. The van der Waals surface area contributed by atoms with Crippen molar-refractivity contribution >= 4 is 16.9 Å². The number of hydrogen-bond acceptors (Lipinski definition) is 4. The lowest BCUT2D eigenvalue weighted by Gasteiger charge is -2.19. The van der Waals surface area contributed by atoms with Gasteiger partial charge in [0.15, 0.2) is 0 Å². The van der Waals surface area contributed by atoms with E-state index in [-0.39, 0.29) is 11.9 Å². The first kappa shape index (κ1) is 12.7. The Morgan fingerprint density at radius 2 is 1.95 bits per heavy atom. The molecular formula is C16H18N4O. The predicted molar refractivity (Wildman–Crippen MR) is 79.6 cm³/mol. The molecule has 1 saturated carbocycles. The maximum Gasteiger partial charge on any atom is 0.253 e. The van der Waals surface area contributed by atoms with Crippen molar-refractivity contribution in [3.63, 3.8) is 0 Å². The van der Waals surface area contributed by atoms with Gasteiger partial charge in [0.2, 0.25) is 0 Å². The third-order valence-corrected chi connectivity index (χ3v) is 4.92. The summed E-state index contributed by atoms with van der Waals surface area (Å²) in [5, 5.41) is 0. The molecule has 1 aromatic carbocycles. The molecule has 2 N–H and O–H groups in total. The molecule has 1 amide bonds. The van der Waals surface area contributed by atoms with E-state index in [0.29, 0.717) is 17.4 Å². The van der Waals surface area contributed by atoms with Gasteiger partial charge >= 0.3 is 0 Å². The van der Waals surface area contributed by atoms with Gasteiger partial charge in [-0.15, -0.1) is 0 Å². The second-order valence-electron chi connectivity index (χ2n) is 6.14. The van der Waals surface area contributed by atoms with Gasteiger partial charge in [0.05, 0.1) is 11.0 Å². The number of carbonyl (C=O) groups is 1. The molecule has 4 rings (SSSR count). The van der Waals surface area contributed by atoms with Gasteiger partial charge in [0.25, 0.3) is 5.91 Å². The maximum absolute atomic E-state index is 12.7. The van der Waals surface area contributed by atoms with E-state index < -0.39 is 0 Å². The number of aromatic nitrogens is 2. The summed E-state index contributed by atoms with van der Waals surface area (Å²) in [5.41, 5.74) is 8.41. The van der Waals surface area contributed by atoms with Crippen molar-refractivity contribution in [3.05, 3.63) is 36.2 Å². The first-order chi connectivity index (χ1) is 10.2. The molecule has 0 radical (unpaired) electrons. The molecule has 5 nitrogen and oxygen atoms in total. The second kappa shape index (κ2) is 4.77. The maximum atomic E-state index is 12.7. The third-order valence-electron chi connectivity index (χ3n) is 4.92. The summed E-state index contributed by atoms with van der Waals surface area (Å²) in [5.74, 6) is 1.16. The van der Waals surface area contributed by atoms with Gasteiger partial charge in [-0.2, -0.15) is 0 Å². The highest BCUT2D eigenvalue weighted by molar-refractivity contribution is 5.97. The number of likely N-dealkylation sites (tertiary alicyclic amines) is 1. The van der Waals surface area contributed by atoms with Crippen molar-refractivity contribution < 1.29 is 4.79 Å². The van der Waals surface area contributed by atoms with Gasteiger partial charge in [-0.3, -0.25) is 14.8 Å². The van der Waals surface area contributed by atoms with E-state index in [1.165, 1.54) is 0 Å². The average Bonchev–Trinajstić information content (AvgIpc) is 3.08. The Morgan fingerprint density at radius 3 is 2.76 bits per heavy atom. The smallest absolute Gasteiger partial charge is 0.253 e. The van der Waals surface area contributed by atoms with Crippen LogP contribution in [0, 0.1) is 11.8 Å². The van der Waals surface area contributed by atoms with Crippen LogP contribution in [0.25, 0.3) is 11.0 Å². The number of carbonyl (C=O) groups excluding carboxylic acids is 1. The molecule has 108 valence electrons. The Morgan fingerprint density at radius 1 is 1.14 bits per heavy atom. The lowest BCUT2D eigenvalue weighted by molar-refractivity contribution is 0.0779. The lowest BCUT2D eigenvalue weighted by atomic mass is 9.98. The number of nitrogens with zero attached hydrogens (tertiary/aromatic N) is 3. The predicted octanol–water partition coefficient (Wildman–Crippen LogP) is 1.44. The Hall–Kier alpha value is -2.01. The minimum absolute atomic E-state index is 0.0872. The molecule has 2 heterocycles. The van der Waals surface area contributed by atoms with Crippen molar-refractivity contribution in [2.75, 3.05) is 13.1 Å². The van der Waals surface area contributed by atoms with Gasteiger partial charge in [-0.25, -0.2) is 0 Å². The van der Waals surface area contributed by atoms with Gasteiger partial charge in [0.1, 0.15) is 0 Å². The molecule has 0 spiro atoms. The molecule has 2 aromatic rings. The van der Waals surface area contributed by atoms with E-state index >= 15 is 0 Å². The zero-order valence-corrected chi connectivity index (χ0v) is 11.8. The van der Waals surface area contributed by atoms with Crippen molar-refractivity contribution in [2.45, 2.75) is 18.9 Å². The fourth-order valence-electron chi connectivity index (χ4n) is 3.75. The summed E-state index contributed by atoms with van der Waals surface area (Å²) in [7, 11) is 0. The molecule has 5 heteroatoms. The van der Waals surface area contributed by atoms with Gasteiger partial charge in [-0.05, 0) is 42.9 Å². The van der Waals surface area contributed by atoms with Crippen molar-refractivity contribution in [3.8, 4) is 0 Å². The van der Waals surface area contributed by atoms with Crippen LogP contribution in [-0.4, -0.2) is 39.9 Å². The molecule has 21 heavy (non-hydrogen) atoms. The van der Waals surface area contributed by atoms with Crippen LogP contribution in [0.3, 0.4) is 0 Å². The monoisotopic (exact) mass is 282 g/mol. The largest absolute Gasteiger partial charge is 0.338 e. The minimum atomic E-state index is 0.0872. The van der Waals surface area contributed by atoms with Crippen LogP contribution in [0.15, 0.2) is 30.6 Å². The second-order valence-corrected chi connectivity index (χ2v) is 6.14. The molecule has 0 bridgehead atoms. The first-order valence-electron chi connectivity index (χ1n) is 7.48. The summed E-state index contributed by atoms with van der Waals surface area (Å²) < 4.78 is 0. The van der Waals surface area contributed by atoms with Crippen LogP contribution < -0.4 is 5.73 Å².